The van der Waals surface area contributed by atoms with Gasteiger partial charge < -0.3 is 10.4 Å². The molecule has 0 radical (unpaired) electrons. The van der Waals surface area contributed by atoms with Gasteiger partial charge in [-0.05, 0) is 11.1 Å². The minimum Gasteiger partial charge on any atom is -0.395 e. The van der Waals surface area contributed by atoms with Crippen molar-refractivity contribution >= 4 is 11.9 Å². The third kappa shape index (κ3) is 3.84. The number of aliphatic hydroxyl groups is 1. The zero-order valence-electron chi connectivity index (χ0n) is 17.0. The van der Waals surface area contributed by atoms with E-state index in [1.54, 1.807) is 0 Å². The van der Waals surface area contributed by atoms with Gasteiger partial charge in [0.05, 0.1) is 6.61 Å². The lowest BCUT2D eigenvalue weighted by atomic mass is 9.82. The molecule has 0 saturated carbocycles. The van der Waals surface area contributed by atoms with Gasteiger partial charge in [-0.2, -0.15) is 0 Å². The maximum Gasteiger partial charge on any atom is 0.325 e. The first kappa shape index (κ1) is 20.5. The standard InChI is InChI=1S/C23H28N4O3/c28-18-17-26-13-11-25(12-14-26)15-16-27-21(29)23(24-22(27)30,19-7-3-1-4-8-19)20-9-5-2-6-10-20/h1-10,28H,11-18H2,(H,24,30). The highest BCUT2D eigenvalue weighted by Crippen LogP contribution is 2.35. The SMILES string of the molecule is O=C1NC(c2ccccc2)(c2ccccc2)C(=O)N1CCN1CCN(CCO)CC1. The number of hydrogen-bond donors (Lipinski definition) is 2. The van der Waals surface area contributed by atoms with E-state index >= 15 is 0 Å². The number of piperazine rings is 1. The van der Waals surface area contributed by atoms with E-state index < -0.39 is 5.54 Å². The Balaban J connectivity index is 1.52. The van der Waals surface area contributed by atoms with Crippen LogP contribution in [0.25, 0.3) is 0 Å². The van der Waals surface area contributed by atoms with Crippen LogP contribution in [0.1, 0.15) is 11.1 Å². The molecule has 2 aliphatic rings. The molecular weight excluding hydrogens is 380 g/mol. The largest absolute Gasteiger partial charge is 0.395 e. The molecule has 2 N–H and O–H groups in total. The smallest absolute Gasteiger partial charge is 0.325 e. The fourth-order valence-electron chi connectivity index (χ4n) is 4.33. The highest BCUT2D eigenvalue weighted by Gasteiger charge is 2.53. The second kappa shape index (κ2) is 8.95. The first-order chi connectivity index (χ1) is 14.6. The molecule has 2 aliphatic heterocycles. The van der Waals surface area contributed by atoms with E-state index in [1.807, 2.05) is 60.7 Å². The molecule has 0 spiro atoms. The van der Waals surface area contributed by atoms with Crippen molar-refractivity contribution in [3.63, 3.8) is 0 Å². The van der Waals surface area contributed by atoms with Gasteiger partial charge in [-0.1, -0.05) is 60.7 Å². The number of nitrogens with one attached hydrogen (secondary N) is 1. The molecule has 2 fully saturated rings. The Kier molecular flexibility index (Phi) is 6.13. The van der Waals surface area contributed by atoms with Gasteiger partial charge in [0.1, 0.15) is 0 Å². The predicted molar refractivity (Wildman–Crippen MR) is 114 cm³/mol. The van der Waals surface area contributed by atoms with Crippen molar-refractivity contribution in [1.82, 2.24) is 20.0 Å². The number of imide groups is 1. The third-order valence-corrected chi connectivity index (χ3v) is 6.04. The molecule has 2 aromatic rings. The first-order valence-corrected chi connectivity index (χ1v) is 10.5. The number of carbonyl (C=O) groups excluding carboxylic acids is 2. The summed E-state index contributed by atoms with van der Waals surface area (Å²) < 4.78 is 0. The molecule has 158 valence electrons. The van der Waals surface area contributed by atoms with E-state index in [0.717, 1.165) is 37.3 Å². The maximum absolute atomic E-state index is 13.6. The van der Waals surface area contributed by atoms with E-state index in [9.17, 15) is 9.59 Å². The van der Waals surface area contributed by atoms with Crippen molar-refractivity contribution in [2.24, 2.45) is 0 Å². The van der Waals surface area contributed by atoms with Crippen molar-refractivity contribution < 1.29 is 14.7 Å². The summed E-state index contributed by atoms with van der Waals surface area (Å²) in [5.41, 5.74) is 0.323. The van der Waals surface area contributed by atoms with E-state index in [4.69, 9.17) is 5.11 Å². The second-order valence-electron chi connectivity index (χ2n) is 7.78. The van der Waals surface area contributed by atoms with Crippen LogP contribution in [0.3, 0.4) is 0 Å². The normalized spacial score (nSPS) is 19.8. The van der Waals surface area contributed by atoms with E-state index in [1.165, 1.54) is 4.90 Å². The van der Waals surface area contributed by atoms with Crippen molar-refractivity contribution in [3.05, 3.63) is 71.8 Å². The van der Waals surface area contributed by atoms with E-state index in [-0.39, 0.29) is 18.5 Å². The number of carbonyl (C=O) groups is 2. The molecule has 0 unspecified atom stereocenters. The molecular formula is C23H28N4O3. The monoisotopic (exact) mass is 408 g/mol. The van der Waals surface area contributed by atoms with Gasteiger partial charge >= 0.3 is 6.03 Å². The number of aliphatic hydroxyl groups excluding tert-OH is 1. The van der Waals surface area contributed by atoms with E-state index in [2.05, 4.69) is 15.1 Å². The lowest BCUT2D eigenvalue weighted by Gasteiger charge is -2.34. The van der Waals surface area contributed by atoms with Gasteiger partial charge in [-0.15, -0.1) is 0 Å². The maximum atomic E-state index is 13.6. The number of amides is 3. The van der Waals surface area contributed by atoms with Crippen LogP contribution in [0.4, 0.5) is 4.79 Å². The summed E-state index contributed by atoms with van der Waals surface area (Å²) in [5, 5.41) is 12.1. The Bertz CT molecular complexity index is 827. The summed E-state index contributed by atoms with van der Waals surface area (Å²) in [5.74, 6) is -0.233. The molecule has 0 bridgehead atoms. The molecule has 4 rings (SSSR count). The van der Waals surface area contributed by atoms with Gasteiger partial charge in [0.15, 0.2) is 5.54 Å². The Morgan fingerprint density at radius 3 is 1.77 bits per heavy atom. The topological polar surface area (TPSA) is 76.1 Å². The van der Waals surface area contributed by atoms with Gasteiger partial charge in [0.2, 0.25) is 0 Å². The summed E-state index contributed by atoms with van der Waals surface area (Å²) in [6, 6.07) is 18.5. The number of β-amino-alcohol motifs (C(OH)–C–C–N with tert-alkyl or cyclic N) is 1. The predicted octanol–water partition coefficient (Wildman–Crippen LogP) is 1.09. The highest BCUT2D eigenvalue weighted by atomic mass is 16.3. The highest BCUT2D eigenvalue weighted by molar-refractivity contribution is 6.09. The van der Waals surface area contributed by atoms with Crippen LogP contribution in [0.2, 0.25) is 0 Å². The molecule has 2 aromatic carbocycles. The second-order valence-corrected chi connectivity index (χ2v) is 7.78. The van der Waals surface area contributed by atoms with Gasteiger partial charge in [0.25, 0.3) is 5.91 Å². The first-order valence-electron chi connectivity index (χ1n) is 10.5. The molecule has 3 amide bonds. The lowest BCUT2D eigenvalue weighted by molar-refractivity contribution is -0.130. The minimum atomic E-state index is -1.20. The summed E-state index contributed by atoms with van der Waals surface area (Å²) in [7, 11) is 0. The van der Waals surface area contributed by atoms with Gasteiger partial charge in [-0.25, -0.2) is 4.79 Å². The van der Waals surface area contributed by atoms with Crippen molar-refractivity contribution in [3.8, 4) is 0 Å². The van der Waals surface area contributed by atoms with Crippen LogP contribution in [0, 0.1) is 0 Å². The fourth-order valence-corrected chi connectivity index (χ4v) is 4.33. The van der Waals surface area contributed by atoms with Crippen LogP contribution in [0.5, 0.6) is 0 Å². The summed E-state index contributed by atoms with van der Waals surface area (Å²) in [6.07, 6.45) is 0. The summed E-state index contributed by atoms with van der Waals surface area (Å²) in [4.78, 5) is 32.4. The van der Waals surface area contributed by atoms with Crippen LogP contribution in [-0.2, 0) is 10.3 Å². The van der Waals surface area contributed by atoms with Crippen molar-refractivity contribution in [2.75, 3.05) is 52.4 Å². The molecule has 0 aromatic heterocycles. The number of rotatable bonds is 7. The molecule has 0 atom stereocenters. The number of nitrogens with zero attached hydrogens (tertiary/aromatic N) is 3. The molecule has 0 aliphatic carbocycles. The Morgan fingerprint density at radius 1 is 0.767 bits per heavy atom. The molecule has 30 heavy (non-hydrogen) atoms. The lowest BCUT2D eigenvalue weighted by Crippen LogP contribution is -2.50. The summed E-state index contributed by atoms with van der Waals surface area (Å²) >= 11 is 0. The zero-order valence-corrected chi connectivity index (χ0v) is 17.0. The van der Waals surface area contributed by atoms with Gasteiger partial charge in [0, 0.05) is 45.8 Å². The molecule has 2 saturated heterocycles. The third-order valence-electron chi connectivity index (χ3n) is 6.04. The minimum absolute atomic E-state index is 0.170. The fraction of sp³-hybridized carbons (Fsp3) is 0.391. The van der Waals surface area contributed by atoms with Crippen LogP contribution >= 0.6 is 0 Å². The van der Waals surface area contributed by atoms with Crippen molar-refractivity contribution in [1.29, 1.82) is 0 Å². The van der Waals surface area contributed by atoms with E-state index in [0.29, 0.717) is 19.6 Å². The number of hydrogen-bond acceptors (Lipinski definition) is 5. The van der Waals surface area contributed by atoms with Gasteiger partial charge in [-0.3, -0.25) is 19.5 Å². The Labute approximate surface area is 176 Å². The zero-order chi connectivity index (χ0) is 21.0. The average molecular weight is 409 g/mol. The van der Waals surface area contributed by atoms with Crippen LogP contribution in [0.15, 0.2) is 60.7 Å². The molecule has 2 heterocycles. The average Bonchev–Trinajstić information content (AvgIpc) is 3.05. The number of urea groups is 1. The van der Waals surface area contributed by atoms with Crippen molar-refractivity contribution in [2.45, 2.75) is 5.54 Å². The quantitative estimate of drug-likeness (QED) is 0.671. The van der Waals surface area contributed by atoms with Crippen LogP contribution < -0.4 is 5.32 Å². The molecule has 7 heteroatoms. The Morgan fingerprint density at radius 2 is 1.27 bits per heavy atom. The number of benzene rings is 2. The van der Waals surface area contributed by atoms with Crippen LogP contribution in [-0.4, -0.2) is 84.2 Å². The molecule has 7 nitrogen and oxygen atoms in total. The summed E-state index contributed by atoms with van der Waals surface area (Å²) in [6.45, 7) is 5.37. The Hall–Kier alpha value is -2.74.